The summed E-state index contributed by atoms with van der Waals surface area (Å²) in [6, 6.07) is 12.8. The minimum absolute atomic E-state index is 0.104. The van der Waals surface area contributed by atoms with Gasteiger partial charge < -0.3 is 4.74 Å². The molecule has 1 aliphatic rings. The van der Waals surface area contributed by atoms with Crippen molar-refractivity contribution in [2.24, 2.45) is 0 Å². The lowest BCUT2D eigenvalue weighted by molar-refractivity contribution is -0.147. The molecule has 0 radical (unpaired) electrons. The lowest BCUT2D eigenvalue weighted by Crippen LogP contribution is -2.13. The van der Waals surface area contributed by atoms with Crippen LogP contribution in [0.15, 0.2) is 42.5 Å². The molecule has 0 amide bonds. The predicted octanol–water partition coefficient (Wildman–Crippen LogP) is 6.98. The fourth-order valence-corrected chi connectivity index (χ4v) is 3.88. The van der Waals surface area contributed by atoms with Crippen LogP contribution in [0, 0.1) is 0 Å². The predicted molar refractivity (Wildman–Crippen MR) is 109 cm³/mol. The Kier molecular flexibility index (Phi) is 6.49. The molecule has 0 heterocycles. The summed E-state index contributed by atoms with van der Waals surface area (Å²) in [4.78, 5) is 12.1. The van der Waals surface area contributed by atoms with Gasteiger partial charge in [-0.1, -0.05) is 75.9 Å². The third kappa shape index (κ3) is 4.17. The Hall–Kier alpha value is -2.09. The van der Waals surface area contributed by atoms with E-state index >= 15 is 0 Å². The van der Waals surface area contributed by atoms with Crippen LogP contribution in [0.1, 0.15) is 82.4 Å². The molecule has 2 aromatic carbocycles. The molecule has 2 heteroatoms. The Bertz CT molecular complexity index is 783. The molecular weight excluding hydrogens is 320 g/mol. The topological polar surface area (TPSA) is 26.3 Å². The van der Waals surface area contributed by atoms with E-state index < -0.39 is 0 Å². The van der Waals surface area contributed by atoms with E-state index in [1.807, 2.05) is 6.92 Å². The number of allylic oxidation sites excluding steroid dienone is 1. The van der Waals surface area contributed by atoms with E-state index in [2.05, 4.69) is 49.4 Å². The van der Waals surface area contributed by atoms with Crippen molar-refractivity contribution >= 4 is 22.3 Å². The van der Waals surface area contributed by atoms with Crippen LogP contribution in [0.25, 0.3) is 16.3 Å². The van der Waals surface area contributed by atoms with Crippen molar-refractivity contribution in [3.05, 3.63) is 53.6 Å². The highest BCUT2D eigenvalue weighted by Gasteiger charge is 2.24. The highest BCUT2D eigenvalue weighted by Crippen LogP contribution is 2.41. The molecule has 138 valence electrons. The maximum atomic E-state index is 12.1. The molecule has 0 saturated heterocycles. The quantitative estimate of drug-likeness (QED) is 0.360. The lowest BCUT2D eigenvalue weighted by atomic mass is 9.84. The number of ether oxygens (including phenoxy) is 1. The Morgan fingerprint density at radius 3 is 2.50 bits per heavy atom. The van der Waals surface area contributed by atoms with Crippen molar-refractivity contribution in [3.8, 4) is 0 Å². The third-order valence-corrected chi connectivity index (χ3v) is 5.20. The maximum absolute atomic E-state index is 12.1. The number of esters is 1. The van der Waals surface area contributed by atoms with Gasteiger partial charge in [0.05, 0.1) is 0 Å². The Morgan fingerprint density at radius 2 is 1.73 bits per heavy atom. The van der Waals surface area contributed by atoms with E-state index in [-0.39, 0.29) is 12.1 Å². The zero-order valence-electron chi connectivity index (χ0n) is 16.1. The second-order valence-electron chi connectivity index (χ2n) is 7.27. The highest BCUT2D eigenvalue weighted by molar-refractivity contribution is 5.98. The average molecular weight is 351 g/mol. The lowest BCUT2D eigenvalue weighted by Gasteiger charge is -2.25. The van der Waals surface area contributed by atoms with Crippen molar-refractivity contribution in [1.82, 2.24) is 0 Å². The molecule has 1 aliphatic carbocycles. The van der Waals surface area contributed by atoms with Crippen LogP contribution in [-0.2, 0) is 9.53 Å². The molecule has 0 aliphatic heterocycles. The molecular formula is C24H30O2. The van der Waals surface area contributed by atoms with Crippen molar-refractivity contribution in [1.29, 1.82) is 0 Å². The standard InChI is InChI=1S/C24H30O2/c1-3-5-6-7-8-12-19-17-22(26-23(25)11-4-2)21-16-10-14-18-13-9-15-20(19)24(18)21/h9-10,13-17,22H,3-8,11-12H2,1-2H3. The van der Waals surface area contributed by atoms with Crippen molar-refractivity contribution < 1.29 is 9.53 Å². The summed E-state index contributed by atoms with van der Waals surface area (Å²) < 4.78 is 5.84. The van der Waals surface area contributed by atoms with Gasteiger partial charge in [0.15, 0.2) is 0 Å². The summed E-state index contributed by atoms with van der Waals surface area (Å²) in [6.07, 6.45) is 10.6. The SMILES string of the molecule is CCCCCCCC1=CC(OC(=O)CCC)c2cccc3cccc1c23. The molecule has 0 N–H and O–H groups in total. The molecule has 0 spiro atoms. The smallest absolute Gasteiger partial charge is 0.306 e. The van der Waals surface area contributed by atoms with Crippen molar-refractivity contribution in [3.63, 3.8) is 0 Å². The summed E-state index contributed by atoms with van der Waals surface area (Å²) in [5.41, 5.74) is 3.77. The molecule has 0 aromatic heterocycles. The summed E-state index contributed by atoms with van der Waals surface area (Å²) in [5, 5.41) is 2.49. The fraction of sp³-hybridized carbons (Fsp3) is 0.458. The minimum atomic E-state index is -0.252. The van der Waals surface area contributed by atoms with Crippen LogP contribution in [0.4, 0.5) is 0 Å². The van der Waals surface area contributed by atoms with Gasteiger partial charge in [0.1, 0.15) is 6.10 Å². The number of hydrogen-bond donors (Lipinski definition) is 0. The van der Waals surface area contributed by atoms with Gasteiger partial charge in [-0.05, 0) is 47.2 Å². The highest BCUT2D eigenvalue weighted by atomic mass is 16.5. The largest absolute Gasteiger partial charge is 0.453 e. The second-order valence-corrected chi connectivity index (χ2v) is 7.27. The first-order chi connectivity index (χ1) is 12.7. The van der Waals surface area contributed by atoms with Gasteiger partial charge in [-0.2, -0.15) is 0 Å². The van der Waals surface area contributed by atoms with Gasteiger partial charge in [0.2, 0.25) is 0 Å². The Labute approximate surface area is 157 Å². The normalized spacial score (nSPS) is 15.8. The molecule has 2 aromatic rings. The molecule has 0 saturated carbocycles. The molecule has 1 atom stereocenters. The van der Waals surface area contributed by atoms with Crippen LogP contribution in [0.2, 0.25) is 0 Å². The Morgan fingerprint density at radius 1 is 0.962 bits per heavy atom. The number of unbranched alkanes of at least 4 members (excludes halogenated alkanes) is 4. The van der Waals surface area contributed by atoms with Crippen LogP contribution in [-0.4, -0.2) is 5.97 Å². The van der Waals surface area contributed by atoms with Gasteiger partial charge in [-0.15, -0.1) is 0 Å². The summed E-state index contributed by atoms with van der Waals surface area (Å²) in [5.74, 6) is -0.104. The molecule has 3 rings (SSSR count). The summed E-state index contributed by atoms with van der Waals surface area (Å²) >= 11 is 0. The first-order valence-electron chi connectivity index (χ1n) is 10.2. The van der Waals surface area contributed by atoms with E-state index in [0.29, 0.717) is 6.42 Å². The number of hydrogen-bond acceptors (Lipinski definition) is 2. The van der Waals surface area contributed by atoms with E-state index in [1.54, 1.807) is 0 Å². The number of rotatable bonds is 9. The van der Waals surface area contributed by atoms with E-state index in [9.17, 15) is 4.79 Å². The van der Waals surface area contributed by atoms with E-state index in [4.69, 9.17) is 4.74 Å². The van der Waals surface area contributed by atoms with E-state index in [1.165, 1.54) is 54.0 Å². The van der Waals surface area contributed by atoms with E-state index in [0.717, 1.165) is 18.4 Å². The average Bonchev–Trinajstić information content (AvgIpc) is 2.65. The van der Waals surface area contributed by atoms with Crippen molar-refractivity contribution in [2.75, 3.05) is 0 Å². The first-order valence-corrected chi connectivity index (χ1v) is 10.2. The Balaban J connectivity index is 1.87. The second kappa shape index (κ2) is 9.02. The van der Waals surface area contributed by atoms with Crippen molar-refractivity contribution in [2.45, 2.75) is 71.3 Å². The van der Waals surface area contributed by atoms with Gasteiger partial charge in [-0.3, -0.25) is 4.79 Å². The summed E-state index contributed by atoms with van der Waals surface area (Å²) in [7, 11) is 0. The molecule has 2 nitrogen and oxygen atoms in total. The number of carbonyl (C=O) groups is 1. The zero-order valence-corrected chi connectivity index (χ0v) is 16.1. The number of benzene rings is 2. The zero-order chi connectivity index (χ0) is 18.4. The van der Waals surface area contributed by atoms with Gasteiger partial charge in [-0.25, -0.2) is 0 Å². The molecule has 1 unspecified atom stereocenters. The monoisotopic (exact) mass is 350 g/mol. The molecule has 0 fully saturated rings. The van der Waals surface area contributed by atoms with Crippen LogP contribution in [0.3, 0.4) is 0 Å². The minimum Gasteiger partial charge on any atom is -0.453 e. The molecule has 0 bridgehead atoms. The van der Waals surface area contributed by atoms with Gasteiger partial charge in [0, 0.05) is 12.0 Å². The van der Waals surface area contributed by atoms with Gasteiger partial charge in [0.25, 0.3) is 0 Å². The molecule has 26 heavy (non-hydrogen) atoms. The maximum Gasteiger partial charge on any atom is 0.306 e. The summed E-state index contributed by atoms with van der Waals surface area (Å²) in [6.45, 7) is 4.26. The first kappa shape index (κ1) is 18.7. The van der Waals surface area contributed by atoms with Crippen LogP contribution < -0.4 is 0 Å². The third-order valence-electron chi connectivity index (χ3n) is 5.20. The fourth-order valence-electron chi connectivity index (χ4n) is 3.88. The van der Waals surface area contributed by atoms with Crippen LogP contribution in [0.5, 0.6) is 0 Å². The van der Waals surface area contributed by atoms with Crippen LogP contribution >= 0.6 is 0 Å². The number of carbonyl (C=O) groups excluding carboxylic acids is 1. The van der Waals surface area contributed by atoms with Gasteiger partial charge >= 0.3 is 5.97 Å².